The number of carbonyl (C=O) groups excluding carboxylic acids is 4. The molecular formula is C30H47N3O7. The number of esters is 2. The number of likely N-dealkylation sites (tertiary alicyclic amines) is 2. The van der Waals surface area contributed by atoms with E-state index in [1.54, 1.807) is 11.8 Å². The summed E-state index contributed by atoms with van der Waals surface area (Å²) in [6.45, 7) is 12.7. The summed E-state index contributed by atoms with van der Waals surface area (Å²) in [5.74, 6) is 0.165. The number of Topliss-reactive ketones (excluding diaryl/α,β-unsaturated/α-hetero) is 1. The Hall–Kier alpha value is -2.98. The smallest absolute Gasteiger partial charge is 0.410 e. The van der Waals surface area contributed by atoms with Gasteiger partial charge in [-0.05, 0) is 65.6 Å². The zero-order valence-corrected chi connectivity index (χ0v) is 24.9. The molecule has 0 bridgehead atoms. The third-order valence-electron chi connectivity index (χ3n) is 7.07. The predicted octanol–water partition coefficient (Wildman–Crippen LogP) is 3.28. The molecule has 1 aromatic carbocycles. The number of hydrogen-bond donors (Lipinski definition) is 1. The topological polar surface area (TPSA) is 114 Å². The van der Waals surface area contributed by atoms with Crippen LogP contribution in [-0.2, 0) is 35.1 Å². The molecule has 1 N–H and O–H groups in total. The molecule has 1 aromatic rings. The lowest BCUT2D eigenvalue weighted by Gasteiger charge is -2.24. The molecule has 0 spiro atoms. The van der Waals surface area contributed by atoms with Gasteiger partial charge in [0.05, 0.1) is 26.1 Å². The largest absolute Gasteiger partial charge is 0.469 e. The summed E-state index contributed by atoms with van der Waals surface area (Å²) in [5, 5.41) is 3.09. The van der Waals surface area contributed by atoms with Crippen LogP contribution in [0, 0.1) is 17.8 Å². The van der Waals surface area contributed by atoms with Gasteiger partial charge in [0, 0.05) is 38.6 Å². The average Bonchev–Trinajstić information content (AvgIpc) is 3.70. The molecule has 0 radical (unpaired) electrons. The Morgan fingerprint density at radius 1 is 0.875 bits per heavy atom. The number of rotatable bonds is 5. The molecule has 10 nitrogen and oxygen atoms in total. The standard InChI is InChI=1S/C13H17NO2.C11H19NO3.C6H11NO2/c1-16-13(15)12-7-8-14(10-12)9-11-5-3-2-4-6-11;1-8(13)9-5-6-12(7-9)10(14)15-11(2,3)4;1-9-6(8)5-2-3-7-4-5/h2-6,12H,7-10H2,1H3;9H,5-7H2,1-4H3;5,7H,2-4H2,1H3. The van der Waals surface area contributed by atoms with Crippen LogP contribution in [0.4, 0.5) is 4.79 Å². The average molecular weight is 562 g/mol. The third-order valence-corrected chi connectivity index (χ3v) is 7.07. The Bertz CT molecular complexity index is 958. The van der Waals surface area contributed by atoms with Crippen molar-refractivity contribution in [1.82, 2.24) is 15.1 Å². The van der Waals surface area contributed by atoms with Gasteiger partial charge in [0.15, 0.2) is 0 Å². The van der Waals surface area contributed by atoms with Crippen LogP contribution in [0.25, 0.3) is 0 Å². The zero-order valence-electron chi connectivity index (χ0n) is 24.9. The van der Waals surface area contributed by atoms with Gasteiger partial charge in [-0.3, -0.25) is 19.3 Å². The molecule has 3 unspecified atom stereocenters. The molecule has 10 heteroatoms. The summed E-state index contributed by atoms with van der Waals surface area (Å²) in [5.41, 5.74) is 0.832. The minimum atomic E-state index is -0.467. The highest BCUT2D eigenvalue weighted by atomic mass is 16.6. The summed E-state index contributed by atoms with van der Waals surface area (Å²) in [6.07, 6.45) is 2.28. The molecule has 3 heterocycles. The number of hydrogen-bond acceptors (Lipinski definition) is 9. The van der Waals surface area contributed by atoms with Crippen molar-refractivity contribution in [2.24, 2.45) is 17.8 Å². The first-order chi connectivity index (χ1) is 18.9. The van der Waals surface area contributed by atoms with E-state index in [9.17, 15) is 19.2 Å². The van der Waals surface area contributed by atoms with Crippen LogP contribution in [-0.4, -0.2) is 92.7 Å². The summed E-state index contributed by atoms with van der Waals surface area (Å²) < 4.78 is 14.5. The second-order valence-corrected chi connectivity index (χ2v) is 11.5. The van der Waals surface area contributed by atoms with Crippen molar-refractivity contribution in [3.05, 3.63) is 35.9 Å². The number of carbonyl (C=O) groups is 4. The molecule has 4 rings (SSSR count). The van der Waals surface area contributed by atoms with Crippen molar-refractivity contribution in [1.29, 1.82) is 0 Å². The number of nitrogens with zero attached hydrogens (tertiary/aromatic N) is 2. The van der Waals surface area contributed by atoms with E-state index < -0.39 is 5.60 Å². The van der Waals surface area contributed by atoms with Crippen molar-refractivity contribution in [3.8, 4) is 0 Å². The minimum Gasteiger partial charge on any atom is -0.469 e. The minimum absolute atomic E-state index is 0.00230. The Kier molecular flexibility index (Phi) is 13.6. The van der Waals surface area contributed by atoms with Crippen molar-refractivity contribution < 1.29 is 33.4 Å². The van der Waals surface area contributed by atoms with Gasteiger partial charge in [-0.25, -0.2) is 4.79 Å². The molecule has 3 aliphatic rings. The quantitative estimate of drug-likeness (QED) is 0.427. The highest BCUT2D eigenvalue weighted by Crippen LogP contribution is 2.20. The van der Waals surface area contributed by atoms with E-state index in [0.717, 1.165) is 52.0 Å². The van der Waals surface area contributed by atoms with E-state index in [0.29, 0.717) is 13.1 Å². The predicted molar refractivity (Wildman–Crippen MR) is 151 cm³/mol. The van der Waals surface area contributed by atoms with Crippen molar-refractivity contribution in [2.45, 2.75) is 59.1 Å². The van der Waals surface area contributed by atoms with Gasteiger partial charge in [0.2, 0.25) is 0 Å². The first-order valence-electron chi connectivity index (χ1n) is 14.0. The van der Waals surface area contributed by atoms with E-state index in [-0.39, 0.29) is 41.6 Å². The third kappa shape index (κ3) is 11.6. The molecule has 40 heavy (non-hydrogen) atoms. The number of ether oxygens (including phenoxy) is 3. The number of benzene rings is 1. The molecule has 224 valence electrons. The second-order valence-electron chi connectivity index (χ2n) is 11.5. The normalized spacial score (nSPS) is 22.4. The van der Waals surface area contributed by atoms with Crippen LogP contribution in [0.1, 0.15) is 52.5 Å². The number of amides is 1. The van der Waals surface area contributed by atoms with Crippen molar-refractivity contribution in [3.63, 3.8) is 0 Å². The van der Waals surface area contributed by atoms with Crippen LogP contribution in [0.3, 0.4) is 0 Å². The number of ketones is 1. The van der Waals surface area contributed by atoms with Crippen molar-refractivity contribution in [2.75, 3.05) is 53.5 Å². The maximum Gasteiger partial charge on any atom is 0.410 e. The Morgan fingerprint density at radius 2 is 1.50 bits per heavy atom. The summed E-state index contributed by atoms with van der Waals surface area (Å²) in [4.78, 5) is 48.8. The molecule has 0 aromatic heterocycles. The highest BCUT2D eigenvalue weighted by molar-refractivity contribution is 5.80. The lowest BCUT2D eigenvalue weighted by molar-refractivity contribution is -0.145. The van der Waals surface area contributed by atoms with E-state index >= 15 is 0 Å². The summed E-state index contributed by atoms with van der Waals surface area (Å²) >= 11 is 0. The molecule has 0 aliphatic carbocycles. The van der Waals surface area contributed by atoms with E-state index in [4.69, 9.17) is 9.47 Å². The maximum atomic E-state index is 11.6. The Balaban J connectivity index is 0.000000218. The Morgan fingerprint density at radius 3 is 2.02 bits per heavy atom. The maximum absolute atomic E-state index is 11.6. The SMILES string of the molecule is CC(=O)C1CCN(C(=O)OC(C)(C)C)C1.COC(=O)C1CCN(Cc2ccccc2)C1.COC(=O)C1CCNC1. The number of methoxy groups -OCH3 is 2. The second kappa shape index (κ2) is 16.3. The highest BCUT2D eigenvalue weighted by Gasteiger charge is 2.32. The van der Waals surface area contributed by atoms with Crippen LogP contribution < -0.4 is 5.32 Å². The summed E-state index contributed by atoms with van der Waals surface area (Å²) in [6, 6.07) is 10.3. The molecule has 1 amide bonds. The monoisotopic (exact) mass is 561 g/mol. The van der Waals surface area contributed by atoms with Gasteiger partial charge >= 0.3 is 18.0 Å². The van der Waals surface area contributed by atoms with Gasteiger partial charge < -0.3 is 24.4 Å². The van der Waals surface area contributed by atoms with Gasteiger partial charge in [0.25, 0.3) is 0 Å². The van der Waals surface area contributed by atoms with Crippen LogP contribution >= 0.6 is 0 Å². The van der Waals surface area contributed by atoms with Crippen LogP contribution in [0.5, 0.6) is 0 Å². The van der Waals surface area contributed by atoms with Crippen LogP contribution in [0.2, 0.25) is 0 Å². The lowest BCUT2D eigenvalue weighted by Crippen LogP contribution is -2.35. The van der Waals surface area contributed by atoms with Crippen molar-refractivity contribution >= 4 is 23.8 Å². The molecular weight excluding hydrogens is 514 g/mol. The van der Waals surface area contributed by atoms with E-state index in [2.05, 4.69) is 27.1 Å². The first kappa shape index (κ1) is 33.2. The first-order valence-corrected chi connectivity index (χ1v) is 14.0. The fourth-order valence-electron chi connectivity index (χ4n) is 4.78. The van der Waals surface area contributed by atoms with Gasteiger partial charge in [0.1, 0.15) is 11.4 Å². The summed E-state index contributed by atoms with van der Waals surface area (Å²) in [7, 11) is 2.89. The molecule has 3 saturated heterocycles. The number of nitrogens with one attached hydrogen (secondary N) is 1. The van der Waals surface area contributed by atoms with Gasteiger partial charge in [-0.15, -0.1) is 0 Å². The molecule has 3 aliphatic heterocycles. The fourth-order valence-corrected chi connectivity index (χ4v) is 4.78. The Labute approximate surface area is 238 Å². The van der Waals surface area contributed by atoms with E-state index in [1.165, 1.54) is 19.8 Å². The molecule has 0 saturated carbocycles. The lowest BCUT2D eigenvalue weighted by atomic mass is 10.1. The van der Waals surface area contributed by atoms with E-state index in [1.807, 2.05) is 39.0 Å². The van der Waals surface area contributed by atoms with Crippen LogP contribution in [0.15, 0.2) is 30.3 Å². The van der Waals surface area contributed by atoms with Gasteiger partial charge in [-0.2, -0.15) is 0 Å². The zero-order chi connectivity index (χ0) is 29.7. The molecule has 3 fully saturated rings. The fraction of sp³-hybridized carbons (Fsp3) is 0.667. The molecule has 3 atom stereocenters. The van der Waals surface area contributed by atoms with Gasteiger partial charge in [-0.1, -0.05) is 30.3 Å².